The van der Waals surface area contributed by atoms with Crippen LogP contribution in [0.4, 0.5) is 4.39 Å². The first-order valence-electron chi connectivity index (χ1n) is 2.24. The first-order chi connectivity index (χ1) is 4.05. The summed E-state index contributed by atoms with van der Waals surface area (Å²) in [4.78, 5) is 10.3. The van der Waals surface area contributed by atoms with Gasteiger partial charge in [0.05, 0.1) is 0 Å². The van der Waals surface area contributed by atoms with Crippen molar-refractivity contribution in [1.29, 1.82) is 0 Å². The van der Waals surface area contributed by atoms with Crippen LogP contribution in [0.2, 0.25) is 0 Å². The van der Waals surface area contributed by atoms with E-state index in [-0.39, 0.29) is 6.61 Å². The molecule has 2 atom stereocenters. The van der Waals surface area contributed by atoms with Crippen LogP contribution in [0.15, 0.2) is 0 Å². The van der Waals surface area contributed by atoms with E-state index in [1.165, 1.54) is 0 Å². The van der Waals surface area contributed by atoms with Crippen LogP contribution in [0, 0.1) is 0 Å². The van der Waals surface area contributed by atoms with Crippen LogP contribution >= 0.6 is 23.2 Å². The van der Waals surface area contributed by atoms with E-state index in [0.29, 0.717) is 0 Å². The van der Waals surface area contributed by atoms with Gasteiger partial charge in [-0.05, 0) is 0 Å². The van der Waals surface area contributed by atoms with Crippen molar-refractivity contribution in [1.82, 2.24) is 0 Å². The fraction of sp³-hybridized carbons (Fsp3) is 0.750. The highest BCUT2D eigenvalue weighted by Gasteiger charge is 2.51. The second kappa shape index (κ2) is 1.99. The van der Waals surface area contributed by atoms with E-state index in [1.54, 1.807) is 0 Å². The predicted octanol–water partition coefficient (Wildman–Crippen LogP) is 1.06. The Hall–Kier alpha value is -0.0200. The zero-order valence-corrected chi connectivity index (χ0v) is 5.75. The van der Waals surface area contributed by atoms with Gasteiger partial charge in [0.25, 0.3) is 5.13 Å². The summed E-state index contributed by atoms with van der Waals surface area (Å²) in [7, 11) is 0. The molecule has 0 aliphatic carbocycles. The molecule has 0 aromatic carbocycles. The summed E-state index contributed by atoms with van der Waals surface area (Å²) in [6.45, 7) is -0.152. The zero-order chi connectivity index (χ0) is 7.07. The van der Waals surface area contributed by atoms with E-state index in [9.17, 15) is 9.18 Å². The first-order valence-corrected chi connectivity index (χ1v) is 3.05. The van der Waals surface area contributed by atoms with Gasteiger partial charge in [-0.3, -0.25) is 0 Å². The van der Waals surface area contributed by atoms with Gasteiger partial charge < -0.3 is 4.74 Å². The Labute approximate surface area is 60.9 Å². The summed E-state index contributed by atoms with van der Waals surface area (Å²) < 4.78 is 16.8. The molecule has 5 heteroatoms. The molecule has 52 valence electrons. The Kier molecular flexibility index (Phi) is 1.57. The van der Waals surface area contributed by atoms with E-state index in [1.807, 2.05) is 0 Å². The quantitative estimate of drug-likeness (QED) is 0.404. The number of alkyl halides is 3. The minimum atomic E-state index is -2.51. The maximum atomic E-state index is 12.6. The van der Waals surface area contributed by atoms with Crippen molar-refractivity contribution < 1.29 is 13.9 Å². The van der Waals surface area contributed by atoms with Crippen molar-refractivity contribution in [3.8, 4) is 0 Å². The lowest BCUT2D eigenvalue weighted by Crippen LogP contribution is -2.29. The van der Waals surface area contributed by atoms with Crippen LogP contribution in [0.25, 0.3) is 0 Å². The molecule has 1 aliphatic rings. The third kappa shape index (κ3) is 0.990. The van der Waals surface area contributed by atoms with Gasteiger partial charge in [-0.2, -0.15) is 0 Å². The molecular weight excluding hydrogens is 170 g/mol. The second-order valence-electron chi connectivity index (χ2n) is 1.69. The Morgan fingerprint density at radius 3 is 2.56 bits per heavy atom. The van der Waals surface area contributed by atoms with Gasteiger partial charge in [-0.15, -0.1) is 11.6 Å². The normalized spacial score (nSPS) is 43.0. The molecule has 0 N–H and O–H groups in total. The lowest BCUT2D eigenvalue weighted by molar-refractivity contribution is -0.143. The van der Waals surface area contributed by atoms with Crippen LogP contribution in [-0.4, -0.2) is 23.1 Å². The highest BCUT2D eigenvalue weighted by Crippen LogP contribution is 2.33. The Morgan fingerprint density at radius 1 is 1.89 bits per heavy atom. The number of hydrogen-bond acceptors (Lipinski definition) is 2. The standard InChI is InChI=1S/C4H3Cl2FO2/c5-2-1-9-3(8)4(2,6)7/h2H,1H2. The minimum Gasteiger partial charge on any atom is -0.461 e. The van der Waals surface area contributed by atoms with Gasteiger partial charge in [0, 0.05) is 0 Å². The van der Waals surface area contributed by atoms with Crippen LogP contribution in [-0.2, 0) is 9.53 Å². The number of carbonyl (C=O) groups excluding carboxylic acids is 1. The van der Waals surface area contributed by atoms with Gasteiger partial charge in [0.2, 0.25) is 0 Å². The van der Waals surface area contributed by atoms with E-state index >= 15 is 0 Å². The lowest BCUT2D eigenvalue weighted by Gasteiger charge is -2.06. The van der Waals surface area contributed by atoms with E-state index in [2.05, 4.69) is 4.74 Å². The van der Waals surface area contributed by atoms with Gasteiger partial charge in [-0.25, -0.2) is 9.18 Å². The summed E-state index contributed by atoms with van der Waals surface area (Å²) in [5.41, 5.74) is 0. The smallest absolute Gasteiger partial charge is 0.361 e. The molecule has 2 unspecified atom stereocenters. The van der Waals surface area contributed by atoms with Crippen molar-refractivity contribution >= 4 is 29.2 Å². The average molecular weight is 173 g/mol. The summed E-state index contributed by atoms with van der Waals surface area (Å²) in [6.07, 6.45) is 0. The van der Waals surface area contributed by atoms with Gasteiger partial charge in [-0.1, -0.05) is 11.6 Å². The molecule has 2 nitrogen and oxygen atoms in total. The molecule has 0 saturated carbocycles. The number of carbonyl (C=O) groups is 1. The Balaban J connectivity index is 2.78. The lowest BCUT2D eigenvalue weighted by atomic mass is 10.3. The van der Waals surface area contributed by atoms with Crippen LogP contribution in [0.5, 0.6) is 0 Å². The highest BCUT2D eigenvalue weighted by molar-refractivity contribution is 6.40. The maximum Gasteiger partial charge on any atom is 0.361 e. The molecular formula is C4H3Cl2FO2. The molecule has 9 heavy (non-hydrogen) atoms. The van der Waals surface area contributed by atoms with Crippen molar-refractivity contribution in [2.45, 2.75) is 10.5 Å². The van der Waals surface area contributed by atoms with Gasteiger partial charge in [0.1, 0.15) is 12.0 Å². The molecule has 0 bridgehead atoms. The predicted molar refractivity (Wildman–Crippen MR) is 30.3 cm³/mol. The third-order valence-electron chi connectivity index (χ3n) is 1.03. The third-order valence-corrected chi connectivity index (χ3v) is 1.98. The summed E-state index contributed by atoms with van der Waals surface area (Å²) >= 11 is 10.2. The first kappa shape index (κ1) is 7.09. The fourth-order valence-electron chi connectivity index (χ4n) is 0.478. The van der Waals surface area contributed by atoms with E-state index < -0.39 is 16.5 Å². The number of halogens is 3. The van der Waals surface area contributed by atoms with Crippen molar-refractivity contribution in [2.24, 2.45) is 0 Å². The van der Waals surface area contributed by atoms with Crippen molar-refractivity contribution in [3.05, 3.63) is 0 Å². The molecule has 1 fully saturated rings. The van der Waals surface area contributed by atoms with Crippen molar-refractivity contribution in [2.75, 3.05) is 6.61 Å². The molecule has 0 aromatic heterocycles. The van der Waals surface area contributed by atoms with Gasteiger partial charge in [0.15, 0.2) is 0 Å². The Morgan fingerprint density at radius 2 is 2.44 bits per heavy atom. The minimum absolute atomic E-state index is 0.152. The van der Waals surface area contributed by atoms with Crippen molar-refractivity contribution in [3.63, 3.8) is 0 Å². The summed E-state index contributed by atoms with van der Waals surface area (Å²) in [5.74, 6) is -1.09. The SMILES string of the molecule is O=C1OCC(Cl)C1(F)Cl. The highest BCUT2D eigenvalue weighted by atomic mass is 35.5. The number of rotatable bonds is 0. The van der Waals surface area contributed by atoms with Crippen LogP contribution in [0.3, 0.4) is 0 Å². The number of hydrogen-bond donors (Lipinski definition) is 0. The van der Waals surface area contributed by atoms with E-state index in [4.69, 9.17) is 23.2 Å². The average Bonchev–Trinajstić information content (AvgIpc) is 1.96. The number of cyclic esters (lactones) is 1. The van der Waals surface area contributed by atoms with Crippen LogP contribution < -0.4 is 0 Å². The number of esters is 1. The molecule has 1 saturated heterocycles. The Bertz CT molecular complexity index is 148. The van der Waals surface area contributed by atoms with Crippen LogP contribution in [0.1, 0.15) is 0 Å². The largest absolute Gasteiger partial charge is 0.461 e. The fourth-order valence-corrected chi connectivity index (χ4v) is 0.747. The molecule has 1 aliphatic heterocycles. The molecule has 0 radical (unpaired) electrons. The van der Waals surface area contributed by atoms with E-state index in [0.717, 1.165) is 0 Å². The van der Waals surface area contributed by atoms with Gasteiger partial charge >= 0.3 is 5.97 Å². The zero-order valence-electron chi connectivity index (χ0n) is 4.23. The molecule has 1 rings (SSSR count). The molecule has 0 spiro atoms. The monoisotopic (exact) mass is 172 g/mol. The molecule has 1 heterocycles. The maximum absolute atomic E-state index is 12.6. The molecule has 0 amide bonds. The number of ether oxygens (including phenoxy) is 1. The summed E-state index contributed by atoms with van der Waals surface area (Å²) in [6, 6.07) is 0. The second-order valence-corrected chi connectivity index (χ2v) is 2.77. The topological polar surface area (TPSA) is 26.3 Å². The summed E-state index contributed by atoms with van der Waals surface area (Å²) in [5, 5.41) is -3.58. The molecule has 0 aromatic rings.